The predicted molar refractivity (Wildman–Crippen MR) is 113 cm³/mol. The van der Waals surface area contributed by atoms with Gasteiger partial charge < -0.3 is 33.5 Å². The molecule has 0 aliphatic rings. The van der Waals surface area contributed by atoms with Crippen molar-refractivity contribution in [3.05, 3.63) is 17.7 Å². The molecule has 0 amide bonds. The molecular weight excluding hydrogens is 392 g/mol. The Hall–Kier alpha value is -2.03. The summed E-state index contributed by atoms with van der Waals surface area (Å²) in [6.07, 6.45) is 2.75. The van der Waals surface area contributed by atoms with Gasteiger partial charge in [-0.2, -0.15) is 0 Å². The Labute approximate surface area is 179 Å². The minimum absolute atomic E-state index is 0.0542. The van der Waals surface area contributed by atoms with Crippen LogP contribution < -0.4 is 14.2 Å². The van der Waals surface area contributed by atoms with Gasteiger partial charge >= 0.3 is 5.97 Å². The second-order valence-electron chi connectivity index (χ2n) is 6.49. The molecule has 30 heavy (non-hydrogen) atoms. The molecule has 0 bridgehead atoms. The summed E-state index contributed by atoms with van der Waals surface area (Å²) in [7, 11) is 0. The van der Waals surface area contributed by atoms with Gasteiger partial charge in [0.1, 0.15) is 19.8 Å². The van der Waals surface area contributed by atoms with Gasteiger partial charge in [0.25, 0.3) is 0 Å². The largest absolute Gasteiger partial charge is 0.487 e. The molecule has 0 aliphatic carbocycles. The summed E-state index contributed by atoms with van der Waals surface area (Å²) in [5.74, 6) is -0.122. The Bertz CT molecular complexity index is 555. The zero-order chi connectivity index (χ0) is 22.0. The van der Waals surface area contributed by atoms with Crippen LogP contribution in [0.1, 0.15) is 50.4 Å². The van der Waals surface area contributed by atoms with Crippen molar-refractivity contribution in [3.8, 4) is 17.2 Å². The van der Waals surface area contributed by atoms with Gasteiger partial charge in [-0.25, -0.2) is 4.79 Å². The van der Waals surface area contributed by atoms with Crippen molar-refractivity contribution in [3.63, 3.8) is 0 Å². The van der Waals surface area contributed by atoms with Crippen molar-refractivity contribution in [1.29, 1.82) is 0 Å². The summed E-state index contributed by atoms with van der Waals surface area (Å²) in [5.41, 5.74) is 0.0542. The molecule has 0 aromatic heterocycles. The van der Waals surface area contributed by atoms with Crippen molar-refractivity contribution in [2.45, 2.75) is 40.0 Å². The molecule has 1 N–H and O–H groups in total. The fourth-order valence-electron chi connectivity index (χ4n) is 2.42. The summed E-state index contributed by atoms with van der Waals surface area (Å²) in [6, 6.07) is 2.87. The van der Waals surface area contributed by atoms with E-state index in [0.717, 1.165) is 19.3 Å². The lowest BCUT2D eigenvalue weighted by atomic mass is 10.2. The first kappa shape index (κ1) is 26.0. The number of benzene rings is 1. The van der Waals surface area contributed by atoms with E-state index in [4.69, 9.17) is 28.4 Å². The second kappa shape index (κ2) is 16.7. The van der Waals surface area contributed by atoms with Crippen LogP contribution in [-0.4, -0.2) is 70.5 Å². The Morgan fingerprint density at radius 2 is 1.07 bits per heavy atom. The van der Waals surface area contributed by atoms with Crippen molar-refractivity contribution in [2.75, 3.05) is 59.5 Å². The third kappa shape index (κ3) is 10.7. The van der Waals surface area contributed by atoms with E-state index in [1.54, 1.807) is 0 Å². The maximum atomic E-state index is 11.6. The van der Waals surface area contributed by atoms with E-state index in [1.165, 1.54) is 12.1 Å². The fourth-order valence-corrected chi connectivity index (χ4v) is 2.42. The van der Waals surface area contributed by atoms with Crippen molar-refractivity contribution in [2.24, 2.45) is 0 Å². The lowest BCUT2D eigenvalue weighted by Gasteiger charge is -2.18. The van der Waals surface area contributed by atoms with Crippen LogP contribution in [0.5, 0.6) is 17.2 Å². The highest BCUT2D eigenvalue weighted by Crippen LogP contribution is 2.39. The molecule has 0 saturated carbocycles. The molecule has 1 aromatic carbocycles. The highest BCUT2D eigenvalue weighted by Gasteiger charge is 2.19. The Morgan fingerprint density at radius 3 is 1.43 bits per heavy atom. The van der Waals surface area contributed by atoms with Crippen LogP contribution in [0.3, 0.4) is 0 Å². The first-order valence-electron chi connectivity index (χ1n) is 10.7. The third-order valence-corrected chi connectivity index (χ3v) is 3.76. The van der Waals surface area contributed by atoms with Crippen molar-refractivity contribution >= 4 is 5.97 Å². The average molecular weight is 429 g/mol. The van der Waals surface area contributed by atoms with Crippen LogP contribution in [0.25, 0.3) is 0 Å². The average Bonchev–Trinajstić information content (AvgIpc) is 2.74. The maximum absolute atomic E-state index is 11.6. The van der Waals surface area contributed by atoms with E-state index >= 15 is 0 Å². The van der Waals surface area contributed by atoms with E-state index in [-0.39, 0.29) is 25.4 Å². The monoisotopic (exact) mass is 428 g/mol. The molecule has 0 spiro atoms. The molecule has 0 radical (unpaired) electrons. The summed E-state index contributed by atoms with van der Waals surface area (Å²) in [5, 5.41) is 9.46. The minimum Gasteiger partial charge on any atom is -0.487 e. The van der Waals surface area contributed by atoms with Crippen LogP contribution in [0.4, 0.5) is 0 Å². The molecule has 0 fully saturated rings. The Balaban J connectivity index is 2.91. The molecule has 0 atom stereocenters. The van der Waals surface area contributed by atoms with Gasteiger partial charge in [0, 0.05) is 19.8 Å². The third-order valence-electron chi connectivity index (χ3n) is 3.76. The number of hydrogen-bond donors (Lipinski definition) is 1. The molecule has 0 heterocycles. The Morgan fingerprint density at radius 1 is 0.667 bits per heavy atom. The van der Waals surface area contributed by atoms with Crippen LogP contribution in [0, 0.1) is 0 Å². The lowest BCUT2D eigenvalue weighted by molar-refractivity contribution is 0.0692. The SMILES string of the molecule is CCCOCCOc1cc(C(=O)O)cc(OCCOCCC)c1OCCOCCC. The molecule has 0 aliphatic heterocycles. The maximum Gasteiger partial charge on any atom is 0.335 e. The number of aromatic carboxylic acids is 1. The number of carboxylic acids is 1. The number of carboxylic acid groups (broad SMARTS) is 1. The van der Waals surface area contributed by atoms with Gasteiger partial charge in [0.2, 0.25) is 5.75 Å². The number of rotatable bonds is 19. The highest BCUT2D eigenvalue weighted by atomic mass is 16.6. The molecule has 1 aromatic rings. The topological polar surface area (TPSA) is 92.7 Å². The summed E-state index contributed by atoms with van der Waals surface area (Å²) < 4.78 is 33.7. The molecule has 8 nitrogen and oxygen atoms in total. The fraction of sp³-hybridized carbons (Fsp3) is 0.682. The van der Waals surface area contributed by atoms with Gasteiger partial charge in [0.15, 0.2) is 11.5 Å². The van der Waals surface area contributed by atoms with Gasteiger partial charge in [-0.1, -0.05) is 20.8 Å². The smallest absolute Gasteiger partial charge is 0.335 e. The van der Waals surface area contributed by atoms with Gasteiger partial charge in [-0.05, 0) is 31.4 Å². The molecule has 0 saturated heterocycles. The molecule has 8 heteroatoms. The zero-order valence-corrected chi connectivity index (χ0v) is 18.4. The normalized spacial score (nSPS) is 10.8. The van der Waals surface area contributed by atoms with Gasteiger partial charge in [-0.3, -0.25) is 0 Å². The van der Waals surface area contributed by atoms with Gasteiger partial charge in [-0.15, -0.1) is 0 Å². The van der Waals surface area contributed by atoms with Crippen LogP contribution >= 0.6 is 0 Å². The van der Waals surface area contributed by atoms with E-state index < -0.39 is 5.97 Å². The van der Waals surface area contributed by atoms with Crippen LogP contribution in [-0.2, 0) is 14.2 Å². The number of hydrogen-bond acceptors (Lipinski definition) is 7. The van der Waals surface area contributed by atoms with Crippen LogP contribution in [0.15, 0.2) is 12.1 Å². The molecule has 172 valence electrons. The second-order valence-corrected chi connectivity index (χ2v) is 6.49. The minimum atomic E-state index is -1.08. The predicted octanol–water partition coefficient (Wildman–Crippen LogP) is 3.80. The van der Waals surface area contributed by atoms with E-state index in [1.807, 2.05) is 20.8 Å². The van der Waals surface area contributed by atoms with Crippen molar-refractivity contribution < 1.29 is 38.3 Å². The summed E-state index contributed by atoms with van der Waals surface area (Å²) in [6.45, 7) is 10.0. The quantitative estimate of drug-likeness (QED) is 0.333. The number of ether oxygens (including phenoxy) is 6. The number of carbonyl (C=O) groups is 1. The molecule has 0 unspecified atom stereocenters. The Kier molecular flexibility index (Phi) is 14.5. The van der Waals surface area contributed by atoms with Gasteiger partial charge in [0.05, 0.1) is 25.4 Å². The summed E-state index contributed by atoms with van der Waals surface area (Å²) in [4.78, 5) is 11.6. The molecular formula is C22H36O8. The summed E-state index contributed by atoms with van der Waals surface area (Å²) >= 11 is 0. The zero-order valence-electron chi connectivity index (χ0n) is 18.4. The van der Waals surface area contributed by atoms with E-state index in [2.05, 4.69) is 0 Å². The van der Waals surface area contributed by atoms with Crippen molar-refractivity contribution in [1.82, 2.24) is 0 Å². The highest BCUT2D eigenvalue weighted by molar-refractivity contribution is 5.89. The first-order valence-corrected chi connectivity index (χ1v) is 10.7. The standard InChI is InChI=1S/C22H36O8/c1-4-7-25-10-13-28-19-16-18(22(23)24)17-20(29-14-11-26-8-5-2)21(19)30-15-12-27-9-6-3/h16-17H,4-15H2,1-3H3,(H,23,24). The van der Waals surface area contributed by atoms with E-state index in [0.29, 0.717) is 56.9 Å². The molecule has 1 rings (SSSR count). The lowest BCUT2D eigenvalue weighted by Crippen LogP contribution is -2.14. The first-order chi connectivity index (χ1) is 14.6. The van der Waals surface area contributed by atoms with E-state index in [9.17, 15) is 9.90 Å². The van der Waals surface area contributed by atoms with Crippen LogP contribution in [0.2, 0.25) is 0 Å².